The van der Waals surface area contributed by atoms with E-state index in [0.717, 1.165) is 0 Å². The molecule has 106 valence electrons. The topological polar surface area (TPSA) is 72.2 Å². The number of halogens is 3. The third-order valence-corrected chi connectivity index (χ3v) is 5.67. The lowest BCUT2D eigenvalue weighted by Gasteiger charge is -2.11. The lowest BCUT2D eigenvalue weighted by Crippen LogP contribution is -2.14. The van der Waals surface area contributed by atoms with Crippen molar-refractivity contribution in [2.75, 3.05) is 10.5 Å². The van der Waals surface area contributed by atoms with Crippen LogP contribution in [0.4, 0.5) is 11.4 Å². The van der Waals surface area contributed by atoms with Gasteiger partial charge in [-0.05, 0) is 68.3 Å². The van der Waals surface area contributed by atoms with Crippen molar-refractivity contribution < 1.29 is 8.42 Å². The Bertz CT molecular complexity index is 766. The standard InChI is InChI=1S/C12H9Br2ClN2O2S/c13-9-3-2-8(16)6-12(9)20(18,19)17-11-4-1-7(15)5-10(11)14/h1-6,17H,16H2. The van der Waals surface area contributed by atoms with E-state index in [-0.39, 0.29) is 4.90 Å². The molecule has 0 radical (unpaired) electrons. The molecule has 0 aliphatic heterocycles. The molecule has 0 bridgehead atoms. The van der Waals surface area contributed by atoms with E-state index in [0.29, 0.717) is 25.3 Å². The first kappa shape index (κ1) is 15.6. The normalized spacial score (nSPS) is 11.3. The van der Waals surface area contributed by atoms with Gasteiger partial charge in [0.15, 0.2) is 0 Å². The quantitative estimate of drug-likeness (QED) is 0.701. The Hall–Kier alpha value is -0.760. The zero-order chi connectivity index (χ0) is 14.9. The third kappa shape index (κ3) is 3.46. The Labute approximate surface area is 138 Å². The number of hydrogen-bond acceptors (Lipinski definition) is 3. The first-order valence-corrected chi connectivity index (χ1v) is 8.77. The number of hydrogen-bond donors (Lipinski definition) is 2. The van der Waals surface area contributed by atoms with E-state index in [1.807, 2.05) is 0 Å². The zero-order valence-electron chi connectivity index (χ0n) is 9.90. The molecule has 0 heterocycles. The van der Waals surface area contributed by atoms with E-state index in [1.54, 1.807) is 30.3 Å². The molecule has 0 aromatic heterocycles. The van der Waals surface area contributed by atoms with Crippen molar-refractivity contribution in [1.29, 1.82) is 0 Å². The first-order valence-electron chi connectivity index (χ1n) is 5.32. The molecule has 0 amide bonds. The summed E-state index contributed by atoms with van der Waals surface area (Å²) in [6.45, 7) is 0. The molecule has 20 heavy (non-hydrogen) atoms. The summed E-state index contributed by atoms with van der Waals surface area (Å²) in [5, 5.41) is 0.505. The smallest absolute Gasteiger partial charge is 0.263 e. The number of sulfonamides is 1. The monoisotopic (exact) mass is 438 g/mol. The van der Waals surface area contributed by atoms with Crippen molar-refractivity contribution in [3.8, 4) is 0 Å². The van der Waals surface area contributed by atoms with Gasteiger partial charge in [0.05, 0.1) is 5.69 Å². The largest absolute Gasteiger partial charge is 0.399 e. The Kier molecular flexibility index (Phi) is 4.63. The summed E-state index contributed by atoms with van der Waals surface area (Å²) < 4.78 is 28.2. The Morgan fingerprint density at radius 3 is 2.40 bits per heavy atom. The van der Waals surface area contributed by atoms with E-state index in [9.17, 15) is 8.42 Å². The molecule has 2 rings (SSSR count). The van der Waals surface area contributed by atoms with Crippen LogP contribution in [0.2, 0.25) is 5.02 Å². The van der Waals surface area contributed by atoms with Crippen LogP contribution < -0.4 is 10.5 Å². The van der Waals surface area contributed by atoms with Crippen LogP contribution in [0.5, 0.6) is 0 Å². The van der Waals surface area contributed by atoms with Gasteiger partial charge < -0.3 is 5.73 Å². The average molecular weight is 441 g/mol. The minimum Gasteiger partial charge on any atom is -0.399 e. The summed E-state index contributed by atoms with van der Waals surface area (Å²) in [5.74, 6) is 0. The van der Waals surface area contributed by atoms with Gasteiger partial charge in [0.1, 0.15) is 4.90 Å². The summed E-state index contributed by atoms with van der Waals surface area (Å²) in [6, 6.07) is 9.36. The van der Waals surface area contributed by atoms with Crippen LogP contribution in [-0.2, 0) is 10.0 Å². The van der Waals surface area contributed by atoms with Gasteiger partial charge >= 0.3 is 0 Å². The van der Waals surface area contributed by atoms with Gasteiger partial charge in [0.25, 0.3) is 10.0 Å². The van der Waals surface area contributed by atoms with Crippen LogP contribution >= 0.6 is 43.5 Å². The number of anilines is 2. The van der Waals surface area contributed by atoms with E-state index in [4.69, 9.17) is 17.3 Å². The molecule has 0 aliphatic rings. The second kappa shape index (κ2) is 5.93. The van der Waals surface area contributed by atoms with E-state index in [1.165, 1.54) is 6.07 Å². The number of nitrogens with one attached hydrogen (secondary N) is 1. The van der Waals surface area contributed by atoms with Crippen molar-refractivity contribution in [1.82, 2.24) is 0 Å². The highest BCUT2D eigenvalue weighted by molar-refractivity contribution is 9.11. The minimum absolute atomic E-state index is 0.0688. The van der Waals surface area contributed by atoms with Crippen LogP contribution in [0.25, 0.3) is 0 Å². The molecule has 0 atom stereocenters. The Morgan fingerprint density at radius 1 is 1.05 bits per heavy atom. The fourth-order valence-electron chi connectivity index (χ4n) is 1.50. The zero-order valence-corrected chi connectivity index (χ0v) is 14.6. The van der Waals surface area contributed by atoms with Crippen molar-refractivity contribution >= 4 is 64.9 Å². The molecular weight excluding hydrogens is 431 g/mol. The van der Waals surface area contributed by atoms with Crippen LogP contribution in [0.15, 0.2) is 50.2 Å². The van der Waals surface area contributed by atoms with Crippen LogP contribution in [0.3, 0.4) is 0 Å². The Morgan fingerprint density at radius 2 is 1.75 bits per heavy atom. The molecule has 3 N–H and O–H groups in total. The van der Waals surface area contributed by atoms with E-state index >= 15 is 0 Å². The molecule has 0 unspecified atom stereocenters. The highest BCUT2D eigenvalue weighted by Gasteiger charge is 2.19. The molecule has 4 nitrogen and oxygen atoms in total. The summed E-state index contributed by atoms with van der Waals surface area (Å²) in [4.78, 5) is 0.0688. The van der Waals surface area contributed by atoms with Gasteiger partial charge in [0, 0.05) is 19.7 Å². The third-order valence-electron chi connectivity index (χ3n) is 2.42. The lowest BCUT2D eigenvalue weighted by molar-refractivity contribution is 0.601. The van der Waals surface area contributed by atoms with Gasteiger partial charge in [-0.15, -0.1) is 0 Å². The van der Waals surface area contributed by atoms with Crippen molar-refractivity contribution in [3.63, 3.8) is 0 Å². The average Bonchev–Trinajstić information content (AvgIpc) is 2.35. The second-order valence-corrected chi connectivity index (χ2v) is 7.72. The highest BCUT2D eigenvalue weighted by Crippen LogP contribution is 2.30. The summed E-state index contributed by atoms with van der Waals surface area (Å²) in [5.41, 5.74) is 6.38. The molecule has 0 saturated carbocycles. The molecule has 2 aromatic rings. The van der Waals surface area contributed by atoms with E-state index in [2.05, 4.69) is 36.6 Å². The van der Waals surface area contributed by atoms with E-state index < -0.39 is 10.0 Å². The fraction of sp³-hybridized carbons (Fsp3) is 0. The highest BCUT2D eigenvalue weighted by atomic mass is 79.9. The van der Waals surface area contributed by atoms with Gasteiger partial charge in [-0.25, -0.2) is 8.42 Å². The van der Waals surface area contributed by atoms with Crippen molar-refractivity contribution in [2.24, 2.45) is 0 Å². The Balaban J connectivity index is 2.43. The number of nitrogens with two attached hydrogens (primary N) is 1. The van der Waals surface area contributed by atoms with Crippen LogP contribution in [-0.4, -0.2) is 8.42 Å². The SMILES string of the molecule is Nc1ccc(Br)c(S(=O)(=O)Nc2ccc(Cl)cc2Br)c1. The van der Waals surface area contributed by atoms with Gasteiger partial charge in [0.2, 0.25) is 0 Å². The molecule has 2 aromatic carbocycles. The molecule has 0 saturated heterocycles. The molecular formula is C12H9Br2ClN2O2S. The van der Waals surface area contributed by atoms with Crippen LogP contribution in [0, 0.1) is 0 Å². The molecule has 0 spiro atoms. The maximum Gasteiger partial charge on any atom is 0.263 e. The maximum atomic E-state index is 12.4. The fourth-order valence-corrected chi connectivity index (χ4v) is 4.49. The first-order chi connectivity index (χ1) is 9.29. The predicted octanol–water partition coefficient (Wildman–Crippen LogP) is 4.25. The predicted molar refractivity (Wildman–Crippen MR) is 88.5 cm³/mol. The van der Waals surface area contributed by atoms with Crippen molar-refractivity contribution in [2.45, 2.75) is 4.90 Å². The van der Waals surface area contributed by atoms with Crippen LogP contribution in [0.1, 0.15) is 0 Å². The van der Waals surface area contributed by atoms with Gasteiger partial charge in [-0.3, -0.25) is 4.72 Å². The number of benzene rings is 2. The molecule has 0 fully saturated rings. The lowest BCUT2D eigenvalue weighted by atomic mass is 10.3. The molecule has 8 heteroatoms. The summed E-state index contributed by atoms with van der Waals surface area (Å²) in [6.07, 6.45) is 0. The second-order valence-electron chi connectivity index (χ2n) is 3.92. The number of nitrogen functional groups attached to an aromatic ring is 1. The van der Waals surface area contributed by atoms with Crippen molar-refractivity contribution in [3.05, 3.63) is 50.4 Å². The van der Waals surface area contributed by atoms with Gasteiger partial charge in [-0.2, -0.15) is 0 Å². The van der Waals surface area contributed by atoms with Gasteiger partial charge in [-0.1, -0.05) is 11.6 Å². The maximum absolute atomic E-state index is 12.4. The number of rotatable bonds is 3. The summed E-state index contributed by atoms with van der Waals surface area (Å²) >= 11 is 12.3. The molecule has 0 aliphatic carbocycles. The summed E-state index contributed by atoms with van der Waals surface area (Å²) in [7, 11) is -3.75. The minimum atomic E-state index is -3.75.